The fraction of sp³-hybridized carbons (Fsp3) is 0.0455. The molecular weight excluding hydrogens is 497 g/mol. The van der Waals surface area contributed by atoms with Gasteiger partial charge in [0.1, 0.15) is 0 Å². The molecule has 0 aliphatic rings. The van der Waals surface area contributed by atoms with Crippen LogP contribution in [0.1, 0.15) is 27.4 Å². The van der Waals surface area contributed by atoms with Gasteiger partial charge in [-0.1, -0.05) is 72.8 Å². The molecule has 0 atom stereocenters. The van der Waals surface area contributed by atoms with Crippen molar-refractivity contribution in [3.8, 4) is 0 Å². The number of halogens is 1. The second-order valence-corrected chi connectivity index (χ2v) is 7.70. The van der Waals surface area contributed by atoms with E-state index < -0.39 is 5.92 Å². The van der Waals surface area contributed by atoms with E-state index in [1.54, 1.807) is 12.1 Å². The van der Waals surface area contributed by atoms with Crippen LogP contribution in [0.15, 0.2) is 84.9 Å². The van der Waals surface area contributed by atoms with E-state index in [-0.39, 0.29) is 16.9 Å². The summed E-state index contributed by atoms with van der Waals surface area (Å²) in [5, 5.41) is 2.68. The molecule has 0 saturated heterocycles. The molecule has 7 heteroatoms. The van der Waals surface area contributed by atoms with Gasteiger partial charge < -0.3 is 5.32 Å². The van der Waals surface area contributed by atoms with Gasteiger partial charge in [-0.2, -0.15) is 0 Å². The third-order valence-electron chi connectivity index (χ3n) is 4.17. The van der Waals surface area contributed by atoms with Gasteiger partial charge >= 0.3 is 0 Å². The average molecular weight is 515 g/mol. The molecule has 3 aromatic carbocycles. The summed E-state index contributed by atoms with van der Waals surface area (Å²) in [6.07, 6.45) is 0. The van der Waals surface area contributed by atoms with Gasteiger partial charge in [-0.15, -0.1) is 0 Å². The molecule has 0 unspecified atom stereocenters. The van der Waals surface area contributed by atoms with Crippen molar-refractivity contribution in [3.05, 3.63) is 105 Å². The van der Waals surface area contributed by atoms with Crippen LogP contribution in [0.25, 0.3) is 0 Å². The van der Waals surface area contributed by atoms with Crippen LogP contribution in [0.3, 0.4) is 0 Å². The molecule has 0 saturated carbocycles. The minimum absolute atomic E-state index is 0.0196. The number of hydrazine groups is 1. The molecule has 0 radical (unpaired) electrons. The van der Waals surface area contributed by atoms with E-state index in [0.717, 1.165) is 14.7 Å². The molecule has 0 spiro atoms. The molecule has 2 amide bonds. The Kier molecular flexibility index (Phi) is 7.31. The molecule has 0 fully saturated rings. The largest absolute Gasteiger partial charge is 0.301 e. The standard InChI is InChI=1S/C22H18IN3O2S/c23-18-14-8-7-13-17(18)20(27)25-26-22(29)24-21(28)19(15-9-3-1-4-10-15)16-11-5-2-6-12-16/h1-14,19H,(H,25,27)(H2,24,26,28,29). The molecule has 29 heavy (non-hydrogen) atoms. The number of carbonyl (C=O) groups excluding carboxylic acids is 2. The number of amides is 2. The number of nitrogens with one attached hydrogen (secondary N) is 3. The summed E-state index contributed by atoms with van der Waals surface area (Å²) in [6, 6.07) is 26.1. The average Bonchev–Trinajstić information content (AvgIpc) is 2.74. The Morgan fingerprint density at radius 2 is 1.28 bits per heavy atom. The van der Waals surface area contributed by atoms with Gasteiger partial charge in [0.15, 0.2) is 5.11 Å². The molecule has 3 N–H and O–H groups in total. The third-order valence-corrected chi connectivity index (χ3v) is 5.32. The Morgan fingerprint density at radius 1 is 0.759 bits per heavy atom. The van der Waals surface area contributed by atoms with Crippen LogP contribution >= 0.6 is 34.8 Å². The SMILES string of the molecule is O=C(NNC(=S)NC(=O)C(c1ccccc1)c1ccccc1)c1ccccc1I. The van der Waals surface area contributed by atoms with Gasteiger partial charge in [-0.05, 0) is 58.1 Å². The van der Waals surface area contributed by atoms with Crippen molar-refractivity contribution in [2.75, 3.05) is 0 Å². The minimum Gasteiger partial charge on any atom is -0.301 e. The molecule has 3 rings (SSSR count). The molecule has 0 aliphatic carbocycles. The van der Waals surface area contributed by atoms with Crippen molar-refractivity contribution < 1.29 is 9.59 Å². The minimum atomic E-state index is -0.525. The third kappa shape index (κ3) is 5.61. The van der Waals surface area contributed by atoms with Crippen LogP contribution in [-0.2, 0) is 4.79 Å². The van der Waals surface area contributed by atoms with Gasteiger partial charge in [0.2, 0.25) is 5.91 Å². The summed E-state index contributed by atoms with van der Waals surface area (Å²) in [5.74, 6) is -1.15. The predicted molar refractivity (Wildman–Crippen MR) is 125 cm³/mol. The van der Waals surface area contributed by atoms with Crippen LogP contribution in [-0.4, -0.2) is 16.9 Å². The maximum absolute atomic E-state index is 13.0. The van der Waals surface area contributed by atoms with Crippen molar-refractivity contribution in [1.29, 1.82) is 0 Å². The fourth-order valence-electron chi connectivity index (χ4n) is 2.83. The van der Waals surface area contributed by atoms with Crippen LogP contribution in [0.4, 0.5) is 0 Å². The van der Waals surface area contributed by atoms with Crippen LogP contribution in [0.5, 0.6) is 0 Å². The van der Waals surface area contributed by atoms with E-state index in [4.69, 9.17) is 12.2 Å². The normalized spacial score (nSPS) is 10.3. The molecule has 3 aromatic rings. The second-order valence-electron chi connectivity index (χ2n) is 6.13. The maximum atomic E-state index is 13.0. The van der Waals surface area contributed by atoms with Crippen molar-refractivity contribution in [3.63, 3.8) is 0 Å². The summed E-state index contributed by atoms with van der Waals surface area (Å²) in [5.41, 5.74) is 7.32. The zero-order valence-corrected chi connectivity index (χ0v) is 18.2. The number of benzene rings is 3. The molecular formula is C22H18IN3O2S. The topological polar surface area (TPSA) is 70.2 Å². The number of hydrogen-bond donors (Lipinski definition) is 3. The molecule has 146 valence electrons. The monoisotopic (exact) mass is 515 g/mol. The maximum Gasteiger partial charge on any atom is 0.270 e. The first-order valence-corrected chi connectivity index (χ1v) is 10.3. The highest BCUT2D eigenvalue weighted by Gasteiger charge is 2.23. The van der Waals surface area contributed by atoms with E-state index in [9.17, 15) is 9.59 Å². The summed E-state index contributed by atoms with van der Waals surface area (Å²) >= 11 is 7.27. The molecule has 0 bridgehead atoms. The van der Waals surface area contributed by atoms with Gasteiger partial charge in [0, 0.05) is 3.57 Å². The summed E-state index contributed by atoms with van der Waals surface area (Å²) < 4.78 is 0.813. The predicted octanol–water partition coefficient (Wildman–Crippen LogP) is 3.76. The van der Waals surface area contributed by atoms with Crippen LogP contribution in [0.2, 0.25) is 0 Å². The smallest absolute Gasteiger partial charge is 0.270 e. The number of hydrogen-bond acceptors (Lipinski definition) is 3. The fourth-order valence-corrected chi connectivity index (χ4v) is 3.61. The Morgan fingerprint density at radius 3 is 1.83 bits per heavy atom. The Hall–Kier alpha value is -2.78. The Labute approximate surface area is 188 Å². The van der Waals surface area contributed by atoms with E-state index in [1.165, 1.54) is 0 Å². The lowest BCUT2D eigenvalue weighted by atomic mass is 9.90. The van der Waals surface area contributed by atoms with Gasteiger partial charge in [-0.3, -0.25) is 20.4 Å². The Bertz CT molecular complexity index is 973. The van der Waals surface area contributed by atoms with E-state index in [2.05, 4.69) is 38.8 Å². The molecule has 0 aliphatic heterocycles. The number of thiocarbonyl (C=S) groups is 1. The highest BCUT2D eigenvalue weighted by Crippen LogP contribution is 2.24. The first-order chi connectivity index (χ1) is 14.1. The lowest BCUT2D eigenvalue weighted by Gasteiger charge is -2.19. The van der Waals surface area contributed by atoms with Crippen LogP contribution in [0, 0.1) is 3.57 Å². The van der Waals surface area contributed by atoms with Crippen LogP contribution < -0.4 is 16.2 Å². The van der Waals surface area contributed by atoms with Crippen molar-refractivity contribution in [1.82, 2.24) is 16.2 Å². The highest BCUT2D eigenvalue weighted by atomic mass is 127. The van der Waals surface area contributed by atoms with Crippen molar-refractivity contribution >= 4 is 51.7 Å². The van der Waals surface area contributed by atoms with E-state index >= 15 is 0 Å². The zero-order valence-electron chi connectivity index (χ0n) is 15.3. The Balaban J connectivity index is 1.67. The van der Waals surface area contributed by atoms with Gasteiger partial charge in [-0.25, -0.2) is 0 Å². The van der Waals surface area contributed by atoms with Crippen molar-refractivity contribution in [2.45, 2.75) is 5.92 Å². The highest BCUT2D eigenvalue weighted by molar-refractivity contribution is 14.1. The molecule has 0 aromatic heterocycles. The quantitative estimate of drug-likeness (QED) is 0.281. The summed E-state index contributed by atoms with van der Waals surface area (Å²) in [7, 11) is 0. The number of rotatable bonds is 4. The van der Waals surface area contributed by atoms with Gasteiger partial charge in [0.05, 0.1) is 11.5 Å². The summed E-state index contributed by atoms with van der Waals surface area (Å²) in [6.45, 7) is 0. The van der Waals surface area contributed by atoms with Crippen molar-refractivity contribution in [2.24, 2.45) is 0 Å². The lowest BCUT2D eigenvalue weighted by Crippen LogP contribution is -2.49. The first kappa shape index (κ1) is 20.9. The van der Waals surface area contributed by atoms with E-state index in [0.29, 0.717) is 5.56 Å². The van der Waals surface area contributed by atoms with E-state index in [1.807, 2.05) is 72.8 Å². The summed E-state index contributed by atoms with van der Waals surface area (Å²) in [4.78, 5) is 25.3. The second kappa shape index (κ2) is 10.1. The number of carbonyl (C=O) groups is 2. The van der Waals surface area contributed by atoms with Gasteiger partial charge in [0.25, 0.3) is 5.91 Å². The molecule has 5 nitrogen and oxygen atoms in total. The zero-order chi connectivity index (χ0) is 20.6. The first-order valence-electron chi connectivity index (χ1n) is 8.82. The molecule has 0 heterocycles. The lowest BCUT2D eigenvalue weighted by molar-refractivity contribution is -0.120.